The number of phenols is 1. The molecule has 0 radical (unpaired) electrons. The van der Waals surface area contributed by atoms with Crippen LogP contribution in [0.1, 0.15) is 62.9 Å². The molecule has 18 heteroatoms. The fourth-order valence-corrected chi connectivity index (χ4v) is 8.86. The van der Waals surface area contributed by atoms with E-state index in [1.807, 2.05) is 0 Å². The van der Waals surface area contributed by atoms with Gasteiger partial charge in [-0.3, -0.25) is 14.4 Å². The van der Waals surface area contributed by atoms with Gasteiger partial charge < -0.3 is 51.0 Å². The average molecular weight is 964 g/mol. The number of anilines is 1. The van der Waals surface area contributed by atoms with Crippen LogP contribution in [-0.4, -0.2) is 50.1 Å². The number of nitrogens with one attached hydrogen (secondary N) is 3. The molecule has 2 aliphatic carbocycles. The van der Waals surface area contributed by atoms with Crippen LogP contribution in [0.25, 0.3) is 66.8 Å². The molecule has 342 valence electrons. The lowest BCUT2D eigenvalue weighted by Crippen LogP contribution is -2.27. The molecular formula is C51H32Cl2N4O12. The Balaban J connectivity index is 0.960. The standard InChI is InChI=1S/C51H32Cl2N4O12/c52-36-19-34(45(53)44(51(66)67)43(36)42-30-10-6-25(54)16-38(30)68-39-17-26(55)7-11-31(39)42)48(61)56-20-22-1-3-23(4-2-22)47(60)57-21-35-37(59)14-13-32-41(29-12-8-27(58)18-40(29)69-46(32)35)33-15-24(49(62)63)5-9-28(33)50(64)65/h1-19,54,58H,20-21,55H2,(H,56,61)(H,57,60)(H,62,63)(H,64,65)(H,66,67). The van der Waals surface area contributed by atoms with Gasteiger partial charge in [0.2, 0.25) is 0 Å². The van der Waals surface area contributed by atoms with Crippen molar-refractivity contribution in [3.8, 4) is 50.7 Å². The van der Waals surface area contributed by atoms with Gasteiger partial charge in [0.15, 0.2) is 5.43 Å². The first-order valence-corrected chi connectivity index (χ1v) is 21.3. The third-order valence-corrected chi connectivity index (χ3v) is 12.2. The number of fused-ring (bicyclic) bond motifs is 4. The fourth-order valence-electron chi connectivity index (χ4n) is 8.24. The minimum absolute atomic E-state index is 0.0118. The molecule has 0 bridgehead atoms. The van der Waals surface area contributed by atoms with Gasteiger partial charge in [-0.25, -0.2) is 14.4 Å². The maximum absolute atomic E-state index is 13.7. The summed E-state index contributed by atoms with van der Waals surface area (Å²) in [6, 6.07) is 26.9. The van der Waals surface area contributed by atoms with E-state index in [9.17, 15) is 49.2 Å². The summed E-state index contributed by atoms with van der Waals surface area (Å²) in [5, 5.41) is 54.6. The van der Waals surface area contributed by atoms with E-state index in [2.05, 4.69) is 10.6 Å². The molecule has 0 saturated carbocycles. The number of phenolic OH excluding ortho intramolecular Hbond substituents is 1. The largest absolute Gasteiger partial charge is 0.508 e. The first-order valence-electron chi connectivity index (χ1n) is 20.5. The van der Waals surface area contributed by atoms with Gasteiger partial charge in [-0.1, -0.05) is 35.3 Å². The Morgan fingerprint density at radius 3 is 2.01 bits per heavy atom. The average Bonchev–Trinajstić information content (AvgIpc) is 3.31. The summed E-state index contributed by atoms with van der Waals surface area (Å²) in [4.78, 5) is 77.8. The minimum atomic E-state index is -1.47. The highest BCUT2D eigenvalue weighted by Crippen LogP contribution is 2.47. The number of nitrogen functional groups attached to an aromatic ring is 1. The summed E-state index contributed by atoms with van der Waals surface area (Å²) in [6.07, 6.45) is 0. The van der Waals surface area contributed by atoms with E-state index in [1.165, 1.54) is 66.7 Å². The van der Waals surface area contributed by atoms with Crippen LogP contribution in [0.4, 0.5) is 5.69 Å². The van der Waals surface area contributed by atoms with Crippen LogP contribution in [0, 0.1) is 5.41 Å². The van der Waals surface area contributed by atoms with Gasteiger partial charge in [-0.2, -0.15) is 0 Å². The molecule has 0 saturated heterocycles. The van der Waals surface area contributed by atoms with Crippen molar-refractivity contribution >= 4 is 80.6 Å². The molecule has 2 amide bonds. The number of rotatable bonds is 11. The van der Waals surface area contributed by atoms with Crippen molar-refractivity contribution in [2.75, 3.05) is 5.73 Å². The van der Waals surface area contributed by atoms with Crippen molar-refractivity contribution in [3.05, 3.63) is 180 Å². The van der Waals surface area contributed by atoms with E-state index in [0.717, 1.165) is 12.1 Å². The number of carbonyl (C=O) groups excluding carboxylic acids is 2. The number of carboxylic acids is 3. The number of nitrogens with two attached hydrogens (primary N) is 1. The molecule has 9 rings (SSSR count). The molecule has 5 aromatic carbocycles. The first-order chi connectivity index (χ1) is 33.0. The predicted molar refractivity (Wildman–Crippen MR) is 254 cm³/mol. The molecule has 69 heavy (non-hydrogen) atoms. The molecule has 2 heterocycles. The zero-order valence-electron chi connectivity index (χ0n) is 35.3. The number of aromatic hydroxyl groups is 1. The lowest BCUT2D eigenvalue weighted by atomic mass is 9.88. The van der Waals surface area contributed by atoms with E-state index in [-0.39, 0.29) is 101 Å². The zero-order chi connectivity index (χ0) is 49.0. The molecule has 4 aliphatic rings. The molecule has 0 unspecified atom stereocenters. The van der Waals surface area contributed by atoms with Crippen molar-refractivity contribution in [2.24, 2.45) is 0 Å². The SMILES string of the molecule is N=c1ccc2c(-c3c(Cl)cc(C(=O)NCc4ccc(C(=O)NCc5c6oc7cc(O)ccc7c(-c7cc(C(=O)O)ccc7C(=O)O)c-6ccc5=O)cc4)c(Cl)c3C(=O)O)c3ccc(N)cc3oc-2c1. The predicted octanol–water partition coefficient (Wildman–Crippen LogP) is 9.11. The molecule has 9 N–H and O–H groups in total. The summed E-state index contributed by atoms with van der Waals surface area (Å²) >= 11 is 13.6. The van der Waals surface area contributed by atoms with Gasteiger partial charge in [0, 0.05) is 74.6 Å². The van der Waals surface area contributed by atoms with Crippen LogP contribution in [-0.2, 0) is 13.1 Å². The number of aromatic carboxylic acids is 3. The Bertz CT molecular complexity index is 3750. The number of carbonyl (C=O) groups is 5. The van der Waals surface area contributed by atoms with E-state index in [4.69, 9.17) is 43.2 Å². The van der Waals surface area contributed by atoms with E-state index >= 15 is 0 Å². The van der Waals surface area contributed by atoms with Gasteiger partial charge in [-0.05, 0) is 96.1 Å². The van der Waals surface area contributed by atoms with Gasteiger partial charge in [0.25, 0.3) is 11.8 Å². The van der Waals surface area contributed by atoms with Gasteiger partial charge in [0.05, 0.1) is 49.8 Å². The van der Waals surface area contributed by atoms with Crippen molar-refractivity contribution in [2.45, 2.75) is 13.1 Å². The van der Waals surface area contributed by atoms with Gasteiger partial charge in [0.1, 0.15) is 28.4 Å². The maximum atomic E-state index is 13.7. The third kappa shape index (κ3) is 8.30. The van der Waals surface area contributed by atoms with Crippen LogP contribution in [0.3, 0.4) is 0 Å². The highest BCUT2D eigenvalue weighted by atomic mass is 35.5. The van der Waals surface area contributed by atoms with E-state index < -0.39 is 40.7 Å². The molecule has 0 fully saturated rings. The van der Waals surface area contributed by atoms with Crippen LogP contribution in [0.5, 0.6) is 5.75 Å². The van der Waals surface area contributed by atoms with Crippen LogP contribution in [0.15, 0.2) is 129 Å². The molecular weight excluding hydrogens is 931 g/mol. The summed E-state index contributed by atoms with van der Waals surface area (Å²) in [5.41, 5.74) is 7.01. The normalized spacial score (nSPS) is 11.3. The van der Waals surface area contributed by atoms with Crippen molar-refractivity contribution in [1.82, 2.24) is 10.6 Å². The highest BCUT2D eigenvalue weighted by molar-refractivity contribution is 6.41. The Morgan fingerprint density at radius 2 is 1.29 bits per heavy atom. The molecule has 0 spiro atoms. The molecule has 0 atom stereocenters. The maximum Gasteiger partial charge on any atom is 0.337 e. The van der Waals surface area contributed by atoms with Crippen LogP contribution < -0.4 is 27.2 Å². The Kier molecular flexibility index (Phi) is 11.6. The smallest absolute Gasteiger partial charge is 0.337 e. The number of amides is 2. The lowest BCUT2D eigenvalue weighted by Gasteiger charge is -2.20. The Morgan fingerprint density at radius 1 is 0.609 bits per heavy atom. The second kappa shape index (κ2) is 17.7. The first kappa shape index (κ1) is 45.2. The molecule has 5 aromatic rings. The Hall–Kier alpha value is -8.99. The fraction of sp³-hybridized carbons (Fsp3) is 0.0392. The van der Waals surface area contributed by atoms with Crippen molar-refractivity contribution in [3.63, 3.8) is 0 Å². The van der Waals surface area contributed by atoms with E-state index in [0.29, 0.717) is 38.7 Å². The minimum Gasteiger partial charge on any atom is -0.508 e. The number of hydrogen-bond acceptors (Lipinski definition) is 11. The van der Waals surface area contributed by atoms with Crippen molar-refractivity contribution in [1.29, 1.82) is 5.41 Å². The summed E-state index contributed by atoms with van der Waals surface area (Å²) < 4.78 is 12.2. The topological polar surface area (TPSA) is 284 Å². The highest BCUT2D eigenvalue weighted by Gasteiger charge is 2.30. The summed E-state index contributed by atoms with van der Waals surface area (Å²) in [7, 11) is 0. The molecule has 2 aliphatic heterocycles. The lowest BCUT2D eigenvalue weighted by molar-refractivity contribution is 0.0682. The second-order valence-electron chi connectivity index (χ2n) is 15.7. The molecule has 16 nitrogen and oxygen atoms in total. The number of carboxylic acid groups (broad SMARTS) is 3. The van der Waals surface area contributed by atoms with E-state index in [1.54, 1.807) is 36.4 Å². The number of benzene rings is 7. The van der Waals surface area contributed by atoms with Crippen LogP contribution in [0.2, 0.25) is 10.0 Å². The summed E-state index contributed by atoms with van der Waals surface area (Å²) in [6.45, 7) is -0.457. The summed E-state index contributed by atoms with van der Waals surface area (Å²) in [5.74, 6) is -5.48. The third-order valence-electron chi connectivity index (χ3n) is 11.5. The van der Waals surface area contributed by atoms with Crippen LogP contribution >= 0.6 is 23.2 Å². The monoisotopic (exact) mass is 962 g/mol. The molecule has 0 aromatic heterocycles. The van der Waals surface area contributed by atoms with Gasteiger partial charge >= 0.3 is 17.9 Å². The quantitative estimate of drug-likeness (QED) is 0.0444. The number of halogens is 2. The van der Waals surface area contributed by atoms with Crippen molar-refractivity contribution < 1.29 is 53.2 Å². The van der Waals surface area contributed by atoms with Gasteiger partial charge in [-0.15, -0.1) is 0 Å². The zero-order valence-corrected chi connectivity index (χ0v) is 36.8. The second-order valence-corrected chi connectivity index (χ2v) is 16.5. The Labute approximate surface area is 397 Å². The number of hydrogen-bond donors (Lipinski definition) is 8.